The second-order valence-electron chi connectivity index (χ2n) is 6.74. The molecule has 1 aliphatic rings. The molecule has 0 bridgehead atoms. The third-order valence-electron chi connectivity index (χ3n) is 4.88. The van der Waals surface area contributed by atoms with Crippen LogP contribution >= 0.6 is 15.9 Å². The SMILES string of the molecule is O=C1C(=O)N(Cc2ccc[nH+]c2)C(c2ccc(Br)cc2)/C1=C(\[O-])c1ccccc1. The van der Waals surface area contributed by atoms with Crippen LogP contribution < -0.4 is 10.1 Å². The van der Waals surface area contributed by atoms with Gasteiger partial charge in [0.05, 0.1) is 12.6 Å². The Bertz CT molecular complexity index is 1080. The van der Waals surface area contributed by atoms with Gasteiger partial charge in [0.2, 0.25) is 5.78 Å². The molecule has 1 atom stereocenters. The average Bonchev–Trinajstić information content (AvgIpc) is 3.00. The van der Waals surface area contributed by atoms with Gasteiger partial charge in [-0.05, 0) is 29.3 Å². The van der Waals surface area contributed by atoms with E-state index in [0.29, 0.717) is 11.1 Å². The van der Waals surface area contributed by atoms with Crippen LogP contribution in [0.3, 0.4) is 0 Å². The van der Waals surface area contributed by atoms with Crippen LogP contribution in [0.25, 0.3) is 5.76 Å². The summed E-state index contributed by atoms with van der Waals surface area (Å²) in [5.41, 5.74) is 1.93. The second kappa shape index (κ2) is 8.01. The van der Waals surface area contributed by atoms with Crippen LogP contribution in [-0.2, 0) is 16.1 Å². The number of likely N-dealkylation sites (tertiary alicyclic amines) is 1. The number of aromatic amines is 1. The maximum atomic E-state index is 13.2. The lowest BCUT2D eigenvalue weighted by atomic mass is 9.95. The first-order chi connectivity index (χ1) is 14.1. The molecule has 2 aromatic carbocycles. The highest BCUT2D eigenvalue weighted by Crippen LogP contribution is 2.39. The molecule has 29 heavy (non-hydrogen) atoms. The van der Waals surface area contributed by atoms with Gasteiger partial charge < -0.3 is 10.0 Å². The molecule has 1 aliphatic heterocycles. The number of hydrogen-bond donors (Lipinski definition) is 0. The maximum Gasteiger partial charge on any atom is 0.295 e. The van der Waals surface area contributed by atoms with Gasteiger partial charge in [-0.1, -0.05) is 64.2 Å². The molecule has 0 spiro atoms. The maximum absolute atomic E-state index is 13.2. The monoisotopic (exact) mass is 448 g/mol. The minimum atomic E-state index is -0.744. The van der Waals surface area contributed by atoms with E-state index in [-0.39, 0.29) is 12.1 Å². The Labute approximate surface area is 176 Å². The van der Waals surface area contributed by atoms with E-state index >= 15 is 0 Å². The van der Waals surface area contributed by atoms with E-state index in [1.165, 1.54) is 4.90 Å². The van der Waals surface area contributed by atoms with Gasteiger partial charge in [0.25, 0.3) is 5.91 Å². The molecule has 1 N–H and O–H groups in total. The Hall–Kier alpha value is -3.25. The van der Waals surface area contributed by atoms with Crippen molar-refractivity contribution >= 4 is 33.4 Å². The zero-order chi connectivity index (χ0) is 20.4. The van der Waals surface area contributed by atoms with Crippen molar-refractivity contribution in [3.63, 3.8) is 0 Å². The number of rotatable bonds is 4. The predicted octanol–water partition coefficient (Wildman–Crippen LogP) is 2.69. The Balaban J connectivity index is 1.86. The number of amides is 1. The van der Waals surface area contributed by atoms with Crippen molar-refractivity contribution in [3.05, 3.63) is 106 Å². The number of hydrogen-bond acceptors (Lipinski definition) is 3. The van der Waals surface area contributed by atoms with Crippen molar-refractivity contribution < 1.29 is 19.7 Å². The van der Waals surface area contributed by atoms with Crippen molar-refractivity contribution in [2.24, 2.45) is 0 Å². The third kappa shape index (κ3) is 3.71. The number of nitrogens with one attached hydrogen (secondary N) is 1. The number of halogens is 1. The van der Waals surface area contributed by atoms with Gasteiger partial charge in [0, 0.05) is 21.7 Å². The molecular weight excluding hydrogens is 432 g/mol. The lowest BCUT2D eigenvalue weighted by molar-refractivity contribution is -0.378. The summed E-state index contributed by atoms with van der Waals surface area (Å²) in [4.78, 5) is 30.2. The molecule has 6 heteroatoms. The Morgan fingerprint density at radius 1 is 1.00 bits per heavy atom. The number of ketones is 1. The van der Waals surface area contributed by atoms with Gasteiger partial charge in [-0.2, -0.15) is 0 Å². The summed E-state index contributed by atoms with van der Waals surface area (Å²) in [6.45, 7) is 0.216. The molecular formula is C23H17BrN2O3. The molecule has 1 amide bonds. The highest BCUT2D eigenvalue weighted by Gasteiger charge is 2.44. The number of carbonyl (C=O) groups excluding carboxylic acids is 2. The lowest BCUT2D eigenvalue weighted by Crippen LogP contribution is -2.29. The molecule has 1 fully saturated rings. The topological polar surface area (TPSA) is 74.6 Å². The van der Waals surface area contributed by atoms with Crippen LogP contribution in [0.4, 0.5) is 0 Å². The quantitative estimate of drug-likeness (QED) is 0.349. The van der Waals surface area contributed by atoms with E-state index < -0.39 is 23.5 Å². The fourth-order valence-electron chi connectivity index (χ4n) is 3.50. The normalized spacial score (nSPS) is 18.2. The van der Waals surface area contributed by atoms with Crippen molar-refractivity contribution in [1.29, 1.82) is 0 Å². The van der Waals surface area contributed by atoms with E-state index in [0.717, 1.165) is 10.0 Å². The number of nitrogens with zero attached hydrogens (tertiary/aromatic N) is 1. The summed E-state index contributed by atoms with van der Waals surface area (Å²) in [6.07, 6.45) is 3.54. The summed E-state index contributed by atoms with van der Waals surface area (Å²) in [7, 11) is 0. The highest BCUT2D eigenvalue weighted by molar-refractivity contribution is 9.10. The number of H-pyrrole nitrogens is 1. The number of benzene rings is 2. The largest absolute Gasteiger partial charge is 0.872 e. The summed E-state index contributed by atoms with van der Waals surface area (Å²) in [5, 5.41) is 13.2. The highest BCUT2D eigenvalue weighted by atomic mass is 79.9. The zero-order valence-corrected chi connectivity index (χ0v) is 16.9. The molecule has 0 saturated carbocycles. The first-order valence-corrected chi connectivity index (χ1v) is 9.88. The van der Waals surface area contributed by atoms with Gasteiger partial charge in [-0.15, -0.1) is 0 Å². The number of carbonyl (C=O) groups is 2. The fourth-order valence-corrected chi connectivity index (χ4v) is 3.76. The predicted molar refractivity (Wildman–Crippen MR) is 109 cm³/mol. The van der Waals surface area contributed by atoms with Crippen LogP contribution in [0.1, 0.15) is 22.7 Å². The van der Waals surface area contributed by atoms with E-state index in [4.69, 9.17) is 0 Å². The van der Waals surface area contributed by atoms with Gasteiger partial charge in [0.15, 0.2) is 12.4 Å². The first kappa shape index (κ1) is 19.1. The number of Topliss-reactive ketones (excluding diaryl/α,β-unsaturated/α-hetero) is 1. The molecule has 3 aromatic rings. The molecule has 1 aromatic heterocycles. The van der Waals surface area contributed by atoms with E-state index in [9.17, 15) is 14.7 Å². The fraction of sp³-hybridized carbons (Fsp3) is 0.0870. The van der Waals surface area contributed by atoms with Gasteiger partial charge >= 0.3 is 0 Å². The van der Waals surface area contributed by atoms with Crippen molar-refractivity contribution in [2.45, 2.75) is 12.6 Å². The van der Waals surface area contributed by atoms with Gasteiger partial charge in [-0.25, -0.2) is 4.98 Å². The summed E-state index contributed by atoms with van der Waals surface area (Å²) in [5.74, 6) is -1.83. The molecule has 1 unspecified atom stereocenters. The minimum absolute atomic E-state index is 0.0107. The van der Waals surface area contributed by atoms with Crippen LogP contribution in [0.15, 0.2) is 89.2 Å². The van der Waals surface area contributed by atoms with Crippen LogP contribution in [0.5, 0.6) is 0 Å². The van der Waals surface area contributed by atoms with Crippen molar-refractivity contribution in [3.8, 4) is 0 Å². The van der Waals surface area contributed by atoms with Crippen LogP contribution in [-0.4, -0.2) is 16.6 Å². The standard InChI is InChI=1S/C23H17BrN2O3/c24-18-10-8-16(9-11-18)20-19(21(27)17-6-2-1-3-7-17)22(28)23(29)26(20)14-15-5-4-12-25-13-15/h1-13,20,27H,14H2/b21-19+. The van der Waals surface area contributed by atoms with Crippen molar-refractivity contribution in [1.82, 2.24) is 4.90 Å². The smallest absolute Gasteiger partial charge is 0.295 e. The molecule has 2 heterocycles. The Morgan fingerprint density at radius 2 is 1.72 bits per heavy atom. The van der Waals surface area contributed by atoms with Crippen LogP contribution in [0, 0.1) is 0 Å². The summed E-state index contributed by atoms with van der Waals surface area (Å²) < 4.78 is 0.872. The summed E-state index contributed by atoms with van der Waals surface area (Å²) in [6, 6.07) is 18.8. The molecule has 144 valence electrons. The molecule has 5 nitrogen and oxygen atoms in total. The molecule has 1 saturated heterocycles. The Kier molecular flexibility index (Phi) is 5.27. The minimum Gasteiger partial charge on any atom is -0.872 e. The molecule has 0 aliphatic carbocycles. The summed E-state index contributed by atoms with van der Waals surface area (Å²) >= 11 is 3.40. The molecule has 4 rings (SSSR count). The average molecular weight is 449 g/mol. The van der Waals surface area contributed by atoms with E-state index in [1.54, 1.807) is 42.7 Å². The van der Waals surface area contributed by atoms with E-state index in [2.05, 4.69) is 20.9 Å². The lowest BCUT2D eigenvalue weighted by Gasteiger charge is -2.27. The Morgan fingerprint density at radius 3 is 2.38 bits per heavy atom. The number of pyridine rings is 1. The van der Waals surface area contributed by atoms with Crippen molar-refractivity contribution in [2.75, 3.05) is 0 Å². The van der Waals surface area contributed by atoms with E-state index in [1.807, 2.05) is 36.4 Å². The first-order valence-electron chi connectivity index (χ1n) is 9.08. The third-order valence-corrected chi connectivity index (χ3v) is 5.40. The van der Waals surface area contributed by atoms with Gasteiger partial charge in [-0.3, -0.25) is 9.59 Å². The number of aromatic nitrogens is 1. The van der Waals surface area contributed by atoms with Gasteiger partial charge in [0.1, 0.15) is 0 Å². The second-order valence-corrected chi connectivity index (χ2v) is 7.65. The zero-order valence-electron chi connectivity index (χ0n) is 15.3. The molecule has 0 radical (unpaired) electrons. The van der Waals surface area contributed by atoms with Crippen LogP contribution in [0.2, 0.25) is 0 Å².